The number of carboxylic acids is 1. The van der Waals surface area contributed by atoms with E-state index in [0.29, 0.717) is 12.6 Å². The molecule has 3 heteroatoms. The molecule has 1 aliphatic carbocycles. The fraction of sp³-hybridized carbons (Fsp3) is 0.929. The van der Waals surface area contributed by atoms with Crippen LogP contribution in [0.4, 0.5) is 0 Å². The normalized spacial score (nSPS) is 26.2. The van der Waals surface area contributed by atoms with Crippen molar-refractivity contribution >= 4 is 5.97 Å². The average molecular weight is 241 g/mol. The second-order valence-electron chi connectivity index (χ2n) is 6.19. The minimum Gasteiger partial charge on any atom is -0.481 e. The summed E-state index contributed by atoms with van der Waals surface area (Å²) in [6, 6.07) is 0.580. The standard InChI is InChI=1S/C14H27NO2/c1-5-11-6-8-12(9-7-11)15(4)10-14(2,3)13(16)17/h11-12H,5-10H2,1-4H3,(H,16,17). The molecule has 17 heavy (non-hydrogen) atoms. The first kappa shape index (κ1) is 14.5. The summed E-state index contributed by atoms with van der Waals surface area (Å²) in [5, 5.41) is 9.14. The smallest absolute Gasteiger partial charge is 0.310 e. The van der Waals surface area contributed by atoms with E-state index in [4.69, 9.17) is 5.11 Å². The maximum Gasteiger partial charge on any atom is 0.310 e. The molecule has 0 atom stereocenters. The molecule has 1 rings (SSSR count). The quantitative estimate of drug-likeness (QED) is 0.804. The summed E-state index contributed by atoms with van der Waals surface area (Å²) in [7, 11) is 2.07. The Labute approximate surface area is 105 Å². The summed E-state index contributed by atoms with van der Waals surface area (Å²) < 4.78 is 0. The Kier molecular flexibility index (Phi) is 4.99. The average Bonchev–Trinajstić information content (AvgIpc) is 2.28. The van der Waals surface area contributed by atoms with E-state index in [1.807, 2.05) is 13.8 Å². The molecule has 0 aromatic heterocycles. The Balaban J connectivity index is 2.44. The zero-order chi connectivity index (χ0) is 13.1. The van der Waals surface area contributed by atoms with Crippen LogP contribution in [0.1, 0.15) is 52.9 Å². The topological polar surface area (TPSA) is 40.5 Å². The fourth-order valence-electron chi connectivity index (χ4n) is 2.81. The van der Waals surface area contributed by atoms with Gasteiger partial charge in [-0.2, -0.15) is 0 Å². The van der Waals surface area contributed by atoms with Crippen molar-refractivity contribution in [1.29, 1.82) is 0 Å². The lowest BCUT2D eigenvalue weighted by atomic mass is 9.83. The van der Waals surface area contributed by atoms with Crippen molar-refractivity contribution in [3.05, 3.63) is 0 Å². The predicted octanol–water partition coefficient (Wildman–Crippen LogP) is 3.00. The lowest BCUT2D eigenvalue weighted by molar-refractivity contribution is -0.148. The Morgan fingerprint density at radius 3 is 2.24 bits per heavy atom. The Morgan fingerprint density at radius 2 is 1.82 bits per heavy atom. The van der Waals surface area contributed by atoms with E-state index in [1.54, 1.807) is 0 Å². The molecule has 0 heterocycles. The number of hydrogen-bond acceptors (Lipinski definition) is 2. The van der Waals surface area contributed by atoms with Gasteiger partial charge in [0, 0.05) is 12.6 Å². The molecule has 0 aromatic carbocycles. The number of hydrogen-bond donors (Lipinski definition) is 1. The molecule has 0 saturated heterocycles. The molecule has 0 spiro atoms. The fourth-order valence-corrected chi connectivity index (χ4v) is 2.81. The van der Waals surface area contributed by atoms with Gasteiger partial charge < -0.3 is 10.0 Å². The molecule has 100 valence electrons. The van der Waals surface area contributed by atoms with E-state index >= 15 is 0 Å². The highest BCUT2D eigenvalue weighted by molar-refractivity contribution is 5.73. The molecular weight excluding hydrogens is 214 g/mol. The van der Waals surface area contributed by atoms with Gasteiger partial charge in [0.05, 0.1) is 5.41 Å². The molecular formula is C14H27NO2. The van der Waals surface area contributed by atoms with Crippen molar-refractivity contribution in [3.8, 4) is 0 Å². The Hall–Kier alpha value is -0.570. The summed E-state index contributed by atoms with van der Waals surface area (Å²) in [6.45, 7) is 6.53. The largest absolute Gasteiger partial charge is 0.481 e. The van der Waals surface area contributed by atoms with E-state index in [-0.39, 0.29) is 0 Å². The Morgan fingerprint density at radius 1 is 1.29 bits per heavy atom. The van der Waals surface area contributed by atoms with Crippen LogP contribution < -0.4 is 0 Å². The van der Waals surface area contributed by atoms with E-state index in [9.17, 15) is 4.79 Å². The third-order valence-electron chi connectivity index (χ3n) is 4.24. The first-order chi connectivity index (χ1) is 7.86. The van der Waals surface area contributed by atoms with Gasteiger partial charge in [-0.25, -0.2) is 0 Å². The number of carbonyl (C=O) groups is 1. The van der Waals surface area contributed by atoms with Gasteiger partial charge in [0.1, 0.15) is 0 Å². The highest BCUT2D eigenvalue weighted by Gasteiger charge is 2.32. The van der Waals surface area contributed by atoms with Crippen LogP contribution in [0, 0.1) is 11.3 Å². The highest BCUT2D eigenvalue weighted by atomic mass is 16.4. The van der Waals surface area contributed by atoms with E-state index in [2.05, 4.69) is 18.9 Å². The van der Waals surface area contributed by atoms with Crippen molar-refractivity contribution in [2.75, 3.05) is 13.6 Å². The maximum atomic E-state index is 11.1. The number of rotatable bonds is 5. The first-order valence-corrected chi connectivity index (χ1v) is 6.80. The van der Waals surface area contributed by atoms with Crippen molar-refractivity contribution in [2.24, 2.45) is 11.3 Å². The SMILES string of the molecule is CCC1CCC(N(C)CC(C)(C)C(=O)O)CC1. The van der Waals surface area contributed by atoms with Crippen molar-refractivity contribution in [1.82, 2.24) is 4.90 Å². The van der Waals surface area contributed by atoms with Gasteiger partial charge in [-0.05, 0) is 52.5 Å². The molecule has 1 fully saturated rings. The van der Waals surface area contributed by atoms with Crippen LogP contribution in [0.15, 0.2) is 0 Å². The Bertz CT molecular complexity index is 255. The number of aliphatic carboxylic acids is 1. The van der Waals surface area contributed by atoms with Crippen molar-refractivity contribution in [2.45, 2.75) is 58.9 Å². The van der Waals surface area contributed by atoms with E-state index in [1.165, 1.54) is 32.1 Å². The molecule has 0 bridgehead atoms. The van der Waals surface area contributed by atoms with Gasteiger partial charge in [0.15, 0.2) is 0 Å². The molecule has 1 saturated carbocycles. The van der Waals surface area contributed by atoms with Crippen LogP contribution in [0.5, 0.6) is 0 Å². The second kappa shape index (κ2) is 5.85. The number of carboxylic acid groups (broad SMARTS) is 1. The minimum absolute atomic E-state index is 0.580. The van der Waals surface area contributed by atoms with Crippen molar-refractivity contribution in [3.63, 3.8) is 0 Å². The van der Waals surface area contributed by atoms with E-state index < -0.39 is 11.4 Å². The van der Waals surface area contributed by atoms with Gasteiger partial charge in [-0.3, -0.25) is 4.79 Å². The van der Waals surface area contributed by atoms with Crippen LogP contribution in [-0.2, 0) is 4.79 Å². The summed E-state index contributed by atoms with van der Waals surface area (Å²) in [5.74, 6) is 0.193. The molecule has 3 nitrogen and oxygen atoms in total. The molecule has 1 N–H and O–H groups in total. The maximum absolute atomic E-state index is 11.1. The van der Waals surface area contributed by atoms with Gasteiger partial charge >= 0.3 is 5.97 Å². The van der Waals surface area contributed by atoms with Crippen LogP contribution in [0.3, 0.4) is 0 Å². The number of nitrogens with zero attached hydrogens (tertiary/aromatic N) is 1. The molecule has 0 aromatic rings. The van der Waals surface area contributed by atoms with Gasteiger partial charge in [-0.1, -0.05) is 13.3 Å². The zero-order valence-corrected chi connectivity index (χ0v) is 11.7. The first-order valence-electron chi connectivity index (χ1n) is 6.80. The third kappa shape index (κ3) is 3.98. The summed E-state index contributed by atoms with van der Waals surface area (Å²) in [6.07, 6.45) is 6.35. The highest BCUT2D eigenvalue weighted by Crippen LogP contribution is 2.30. The zero-order valence-electron chi connectivity index (χ0n) is 11.7. The minimum atomic E-state index is -0.702. The van der Waals surface area contributed by atoms with Gasteiger partial charge in [-0.15, -0.1) is 0 Å². The third-order valence-corrected chi connectivity index (χ3v) is 4.24. The molecule has 0 radical (unpaired) electrons. The van der Waals surface area contributed by atoms with E-state index in [0.717, 1.165) is 5.92 Å². The van der Waals surface area contributed by atoms with Crippen LogP contribution >= 0.6 is 0 Å². The van der Waals surface area contributed by atoms with Crippen LogP contribution in [-0.4, -0.2) is 35.6 Å². The monoisotopic (exact) mass is 241 g/mol. The summed E-state index contributed by atoms with van der Waals surface area (Å²) in [4.78, 5) is 13.4. The van der Waals surface area contributed by atoms with Crippen molar-refractivity contribution < 1.29 is 9.90 Å². The molecule has 1 aliphatic rings. The van der Waals surface area contributed by atoms with Gasteiger partial charge in [0.25, 0.3) is 0 Å². The predicted molar refractivity (Wildman–Crippen MR) is 70.1 cm³/mol. The summed E-state index contributed by atoms with van der Waals surface area (Å²) in [5.41, 5.74) is -0.643. The van der Waals surface area contributed by atoms with Crippen LogP contribution in [0.2, 0.25) is 0 Å². The second-order valence-corrected chi connectivity index (χ2v) is 6.19. The molecule has 0 aliphatic heterocycles. The van der Waals surface area contributed by atoms with Gasteiger partial charge in [0.2, 0.25) is 0 Å². The van der Waals surface area contributed by atoms with Crippen LogP contribution in [0.25, 0.3) is 0 Å². The lowest BCUT2D eigenvalue weighted by Gasteiger charge is -2.37. The summed E-state index contributed by atoms with van der Waals surface area (Å²) >= 11 is 0. The molecule has 0 amide bonds. The lowest BCUT2D eigenvalue weighted by Crippen LogP contribution is -2.43. The molecule has 0 unspecified atom stereocenters.